The number of hydrogen-bond acceptors (Lipinski definition) is 3. The summed E-state index contributed by atoms with van der Waals surface area (Å²) in [5.41, 5.74) is 0. The van der Waals surface area contributed by atoms with Gasteiger partial charge in [-0.2, -0.15) is 0 Å². The summed E-state index contributed by atoms with van der Waals surface area (Å²) >= 11 is 0. The molecule has 1 heterocycles. The van der Waals surface area contributed by atoms with Crippen molar-refractivity contribution >= 4 is 5.91 Å². The first-order valence-electron chi connectivity index (χ1n) is 9.91. The number of carbonyl (C=O) groups excluding carboxylic acids is 1. The van der Waals surface area contributed by atoms with Crippen molar-refractivity contribution in [2.24, 2.45) is 17.8 Å². The fraction of sp³-hybridized carbons (Fsp3) is 0.667. The van der Waals surface area contributed by atoms with Gasteiger partial charge in [0, 0.05) is 19.0 Å². The number of piperidine rings is 1. The lowest BCUT2D eigenvalue weighted by Crippen LogP contribution is -2.42. The van der Waals surface area contributed by atoms with Gasteiger partial charge in [0.1, 0.15) is 12.4 Å². The third-order valence-electron chi connectivity index (χ3n) is 6.14. The predicted octanol–water partition coefficient (Wildman–Crippen LogP) is 3.51. The van der Waals surface area contributed by atoms with Crippen LogP contribution in [0.4, 0.5) is 0 Å². The number of carbonyl (C=O) groups is 1. The van der Waals surface area contributed by atoms with Crippen LogP contribution >= 0.6 is 0 Å². The molecule has 0 unspecified atom stereocenters. The molecule has 3 aliphatic rings. The van der Waals surface area contributed by atoms with E-state index in [-0.39, 0.29) is 6.10 Å². The molecule has 1 amide bonds. The summed E-state index contributed by atoms with van der Waals surface area (Å²) < 4.78 is 11.6. The maximum absolute atomic E-state index is 12.7. The van der Waals surface area contributed by atoms with Crippen molar-refractivity contribution in [2.75, 3.05) is 26.3 Å². The summed E-state index contributed by atoms with van der Waals surface area (Å²) in [5, 5.41) is 0. The molecule has 0 spiro atoms. The summed E-state index contributed by atoms with van der Waals surface area (Å²) in [5.74, 6) is 3.11. The van der Waals surface area contributed by atoms with Crippen molar-refractivity contribution in [3.05, 3.63) is 30.3 Å². The minimum absolute atomic E-state index is 0.268. The van der Waals surface area contributed by atoms with Gasteiger partial charge < -0.3 is 14.4 Å². The topological polar surface area (TPSA) is 38.8 Å². The highest BCUT2D eigenvalue weighted by Crippen LogP contribution is 2.56. The second kappa shape index (κ2) is 7.77. The van der Waals surface area contributed by atoms with Gasteiger partial charge in [-0.15, -0.1) is 0 Å². The molecule has 1 saturated heterocycles. The molecule has 2 saturated carbocycles. The number of para-hydroxylation sites is 1. The minimum Gasteiger partial charge on any atom is -0.491 e. The van der Waals surface area contributed by atoms with Gasteiger partial charge in [0.2, 0.25) is 5.91 Å². The molecule has 0 radical (unpaired) electrons. The summed E-state index contributed by atoms with van der Waals surface area (Å²) in [6, 6.07) is 9.84. The van der Waals surface area contributed by atoms with Crippen LogP contribution in [0.1, 0.15) is 38.5 Å². The van der Waals surface area contributed by atoms with E-state index in [4.69, 9.17) is 9.47 Å². The highest BCUT2D eigenvalue weighted by atomic mass is 16.5. The van der Waals surface area contributed by atoms with Gasteiger partial charge in [-0.05, 0) is 49.7 Å². The monoisotopic (exact) mass is 343 g/mol. The Bertz CT molecular complexity index is 556. The Morgan fingerprint density at radius 2 is 1.64 bits per heavy atom. The lowest BCUT2D eigenvalue weighted by atomic mass is 10.0. The Labute approximate surface area is 150 Å². The second-order valence-electron chi connectivity index (χ2n) is 7.69. The van der Waals surface area contributed by atoms with E-state index < -0.39 is 0 Å². The van der Waals surface area contributed by atoms with Crippen molar-refractivity contribution < 1.29 is 14.3 Å². The van der Waals surface area contributed by atoms with Gasteiger partial charge in [0.05, 0.1) is 12.7 Å². The van der Waals surface area contributed by atoms with E-state index in [1.165, 1.54) is 25.7 Å². The molecular formula is C21H29NO3. The normalized spacial score (nSPS) is 29.1. The van der Waals surface area contributed by atoms with Crippen LogP contribution in [0.25, 0.3) is 0 Å². The van der Waals surface area contributed by atoms with Crippen molar-refractivity contribution in [1.82, 2.24) is 4.90 Å². The number of rotatable bonds is 6. The number of nitrogens with zero attached hydrogens (tertiary/aromatic N) is 1. The molecule has 4 heteroatoms. The SMILES string of the molecule is O=C(C1[C@@H]2CCCC[C@@H]12)N1CCC(OCCOc2ccccc2)CC1. The van der Waals surface area contributed by atoms with Crippen molar-refractivity contribution in [3.8, 4) is 5.75 Å². The Morgan fingerprint density at radius 3 is 2.32 bits per heavy atom. The third kappa shape index (κ3) is 4.00. The summed E-state index contributed by atoms with van der Waals surface area (Å²) in [7, 11) is 0. The van der Waals surface area contributed by atoms with Crippen LogP contribution in [0.5, 0.6) is 5.75 Å². The van der Waals surface area contributed by atoms with Crippen molar-refractivity contribution in [2.45, 2.75) is 44.6 Å². The van der Waals surface area contributed by atoms with E-state index >= 15 is 0 Å². The average Bonchev–Trinajstić information content (AvgIpc) is 3.40. The summed E-state index contributed by atoms with van der Waals surface area (Å²) in [6.07, 6.45) is 7.39. The van der Waals surface area contributed by atoms with Crippen LogP contribution in [0.2, 0.25) is 0 Å². The molecule has 0 aromatic heterocycles. The number of ether oxygens (including phenoxy) is 2. The van der Waals surface area contributed by atoms with Crippen LogP contribution in [0, 0.1) is 17.8 Å². The fourth-order valence-electron chi connectivity index (χ4n) is 4.70. The molecular weight excluding hydrogens is 314 g/mol. The molecule has 0 bridgehead atoms. The lowest BCUT2D eigenvalue weighted by molar-refractivity contribution is -0.136. The maximum Gasteiger partial charge on any atom is 0.226 e. The Kier molecular flexibility index (Phi) is 5.25. The highest BCUT2D eigenvalue weighted by Gasteiger charge is 2.55. The van der Waals surface area contributed by atoms with Crippen molar-refractivity contribution in [3.63, 3.8) is 0 Å². The number of hydrogen-bond donors (Lipinski definition) is 0. The predicted molar refractivity (Wildman–Crippen MR) is 96.4 cm³/mol. The van der Waals surface area contributed by atoms with Gasteiger partial charge in [-0.3, -0.25) is 4.79 Å². The zero-order chi connectivity index (χ0) is 17.1. The van der Waals surface area contributed by atoms with Crippen LogP contribution in [0.15, 0.2) is 30.3 Å². The van der Waals surface area contributed by atoms with Crippen molar-refractivity contribution in [1.29, 1.82) is 0 Å². The second-order valence-corrected chi connectivity index (χ2v) is 7.69. The van der Waals surface area contributed by atoms with Gasteiger partial charge in [0.25, 0.3) is 0 Å². The Morgan fingerprint density at radius 1 is 0.960 bits per heavy atom. The molecule has 4 nitrogen and oxygen atoms in total. The molecule has 0 N–H and O–H groups in total. The van der Waals surface area contributed by atoms with Gasteiger partial charge in [0.15, 0.2) is 0 Å². The average molecular weight is 343 g/mol. The van der Waals surface area contributed by atoms with E-state index in [2.05, 4.69) is 4.90 Å². The smallest absolute Gasteiger partial charge is 0.226 e. The third-order valence-corrected chi connectivity index (χ3v) is 6.14. The van der Waals surface area contributed by atoms with Gasteiger partial charge in [-0.25, -0.2) is 0 Å². The van der Waals surface area contributed by atoms with Gasteiger partial charge >= 0.3 is 0 Å². The standard InChI is InChI=1S/C21H29NO3/c23-21(20-18-8-4-5-9-19(18)20)22-12-10-17(11-13-22)25-15-14-24-16-6-2-1-3-7-16/h1-3,6-7,17-20H,4-5,8-15H2/t18-,19-/m1/s1. The summed E-state index contributed by atoms with van der Waals surface area (Å²) in [6.45, 7) is 2.91. The molecule has 136 valence electrons. The van der Waals surface area contributed by atoms with E-state index in [0.29, 0.717) is 36.9 Å². The molecule has 1 aromatic carbocycles. The molecule has 4 rings (SSSR count). The zero-order valence-electron chi connectivity index (χ0n) is 14.9. The fourth-order valence-corrected chi connectivity index (χ4v) is 4.70. The number of amides is 1. The summed E-state index contributed by atoms with van der Waals surface area (Å²) in [4.78, 5) is 14.8. The lowest BCUT2D eigenvalue weighted by Gasteiger charge is -2.32. The van der Waals surface area contributed by atoms with Crippen LogP contribution < -0.4 is 4.74 Å². The quantitative estimate of drug-likeness (QED) is 0.742. The van der Waals surface area contributed by atoms with E-state index in [0.717, 1.165) is 31.7 Å². The van der Waals surface area contributed by atoms with Gasteiger partial charge in [-0.1, -0.05) is 31.0 Å². The van der Waals surface area contributed by atoms with Crippen LogP contribution in [0.3, 0.4) is 0 Å². The Balaban J connectivity index is 1.13. The van der Waals surface area contributed by atoms with E-state index in [1.54, 1.807) is 0 Å². The molecule has 2 atom stereocenters. The minimum atomic E-state index is 0.268. The van der Waals surface area contributed by atoms with E-state index in [1.807, 2.05) is 30.3 Å². The van der Waals surface area contributed by atoms with E-state index in [9.17, 15) is 4.79 Å². The largest absolute Gasteiger partial charge is 0.491 e. The number of fused-ring (bicyclic) bond motifs is 1. The first-order valence-corrected chi connectivity index (χ1v) is 9.91. The molecule has 1 aliphatic heterocycles. The maximum atomic E-state index is 12.7. The van der Waals surface area contributed by atoms with Crippen LogP contribution in [-0.2, 0) is 9.53 Å². The molecule has 1 aromatic rings. The molecule has 3 fully saturated rings. The first-order chi connectivity index (χ1) is 12.3. The number of likely N-dealkylation sites (tertiary alicyclic amines) is 1. The zero-order valence-corrected chi connectivity index (χ0v) is 14.9. The first kappa shape index (κ1) is 16.9. The highest BCUT2D eigenvalue weighted by molar-refractivity contribution is 5.82. The van der Waals surface area contributed by atoms with Crippen LogP contribution in [-0.4, -0.2) is 43.2 Å². The molecule has 2 aliphatic carbocycles. The molecule has 25 heavy (non-hydrogen) atoms. The number of benzene rings is 1. The Hall–Kier alpha value is -1.55.